The molecular weight excluding hydrogens is 328 g/mol. The number of ether oxygens (including phenoxy) is 1. The third-order valence-electron chi connectivity index (χ3n) is 5.82. The molecule has 0 radical (unpaired) electrons. The van der Waals surface area contributed by atoms with Crippen molar-refractivity contribution in [3.63, 3.8) is 0 Å². The molecule has 1 aromatic carbocycles. The standard InChI is InChI=1S/C21H32N2O3/c1-6-18(23(7-2)11-9-8-10-12-23)20(24)22-19-16(4)13-15(3)14-17(19)21(25)26-5/h13-14,18H,6-12H2,1-5H3/p+1. The molecule has 1 fully saturated rings. The highest BCUT2D eigenvalue weighted by atomic mass is 16.5. The van der Waals surface area contributed by atoms with Crippen LogP contribution in [0.2, 0.25) is 0 Å². The summed E-state index contributed by atoms with van der Waals surface area (Å²) in [7, 11) is 1.37. The highest BCUT2D eigenvalue weighted by Gasteiger charge is 2.40. The SMILES string of the molecule is CCC(C(=O)Nc1c(C)cc(C)cc1C(=O)OC)[N+]1(CC)CCCCC1. The number of nitrogens with one attached hydrogen (secondary N) is 1. The molecule has 1 heterocycles. The number of nitrogens with zero attached hydrogens (tertiary/aromatic N) is 1. The Balaban J connectivity index is 2.34. The van der Waals surface area contributed by atoms with Gasteiger partial charge in [0.25, 0.3) is 5.91 Å². The minimum atomic E-state index is -0.419. The van der Waals surface area contributed by atoms with Crippen LogP contribution in [-0.4, -0.2) is 49.1 Å². The number of hydrogen-bond acceptors (Lipinski definition) is 3. The number of esters is 1. The van der Waals surface area contributed by atoms with Gasteiger partial charge in [-0.1, -0.05) is 13.0 Å². The van der Waals surface area contributed by atoms with Crippen molar-refractivity contribution in [3.8, 4) is 0 Å². The summed E-state index contributed by atoms with van der Waals surface area (Å²) in [6.07, 6.45) is 4.39. The van der Waals surface area contributed by atoms with E-state index in [1.54, 1.807) is 6.07 Å². The minimum Gasteiger partial charge on any atom is -0.465 e. The number of methoxy groups -OCH3 is 1. The first-order valence-corrected chi connectivity index (χ1v) is 9.74. The normalized spacial score (nSPS) is 17.4. The molecule has 1 aliphatic heterocycles. The van der Waals surface area contributed by atoms with Crippen LogP contribution in [0.1, 0.15) is 61.0 Å². The second-order valence-electron chi connectivity index (χ2n) is 7.45. The predicted molar refractivity (Wildman–Crippen MR) is 104 cm³/mol. The van der Waals surface area contributed by atoms with Gasteiger partial charge in [0.05, 0.1) is 38.0 Å². The van der Waals surface area contributed by atoms with E-state index >= 15 is 0 Å². The van der Waals surface area contributed by atoms with Crippen molar-refractivity contribution < 1.29 is 18.8 Å². The summed E-state index contributed by atoms with van der Waals surface area (Å²) in [5.74, 6) is -0.411. The van der Waals surface area contributed by atoms with Gasteiger partial charge in [0, 0.05) is 6.42 Å². The van der Waals surface area contributed by atoms with Gasteiger partial charge in [0.1, 0.15) is 0 Å². The van der Waals surface area contributed by atoms with Crippen molar-refractivity contribution in [2.24, 2.45) is 0 Å². The summed E-state index contributed by atoms with van der Waals surface area (Å²) in [6.45, 7) is 11.2. The van der Waals surface area contributed by atoms with E-state index in [-0.39, 0.29) is 11.9 Å². The Morgan fingerprint density at radius 3 is 2.35 bits per heavy atom. The zero-order valence-corrected chi connectivity index (χ0v) is 16.9. The number of rotatable bonds is 6. The van der Waals surface area contributed by atoms with Crippen LogP contribution in [0, 0.1) is 13.8 Å². The Morgan fingerprint density at radius 2 is 1.81 bits per heavy atom. The largest absolute Gasteiger partial charge is 0.465 e. The zero-order chi connectivity index (χ0) is 19.3. The molecule has 1 aromatic rings. The van der Waals surface area contributed by atoms with Gasteiger partial charge >= 0.3 is 5.97 Å². The van der Waals surface area contributed by atoms with Gasteiger partial charge in [-0.05, 0) is 57.2 Å². The van der Waals surface area contributed by atoms with Gasteiger partial charge in [0.2, 0.25) is 0 Å². The van der Waals surface area contributed by atoms with E-state index in [1.165, 1.54) is 26.4 Å². The molecule has 1 aliphatic rings. The molecule has 1 N–H and O–H groups in total. The highest BCUT2D eigenvalue weighted by Crippen LogP contribution is 2.28. The number of carbonyl (C=O) groups excluding carboxylic acids is 2. The number of likely N-dealkylation sites (tertiary alicyclic amines) is 1. The van der Waals surface area contributed by atoms with Crippen LogP contribution in [0.15, 0.2) is 12.1 Å². The molecule has 1 amide bonds. The maximum Gasteiger partial charge on any atom is 0.339 e. The smallest absolute Gasteiger partial charge is 0.339 e. The van der Waals surface area contributed by atoms with E-state index in [0.717, 1.165) is 41.7 Å². The summed E-state index contributed by atoms with van der Waals surface area (Å²) >= 11 is 0. The lowest BCUT2D eigenvalue weighted by atomic mass is 9.99. The van der Waals surface area contributed by atoms with Gasteiger partial charge in [-0.2, -0.15) is 0 Å². The molecule has 26 heavy (non-hydrogen) atoms. The number of benzene rings is 1. The number of quaternary nitrogens is 1. The number of likely N-dealkylation sites (N-methyl/N-ethyl adjacent to an activating group) is 1. The summed E-state index contributed by atoms with van der Waals surface area (Å²) in [6, 6.07) is 3.67. The lowest BCUT2D eigenvalue weighted by Crippen LogP contribution is -2.61. The molecule has 2 rings (SSSR count). The molecule has 5 nitrogen and oxygen atoms in total. The lowest BCUT2D eigenvalue weighted by Gasteiger charge is -2.45. The van der Waals surface area contributed by atoms with Crippen LogP contribution in [0.4, 0.5) is 5.69 Å². The minimum absolute atomic E-state index is 0.00774. The zero-order valence-electron chi connectivity index (χ0n) is 16.9. The molecule has 0 bridgehead atoms. The Bertz CT molecular complexity index is 663. The van der Waals surface area contributed by atoms with E-state index in [1.807, 2.05) is 19.9 Å². The Hall–Kier alpha value is -1.88. The fraction of sp³-hybridized carbons (Fsp3) is 0.619. The first-order chi connectivity index (χ1) is 12.4. The van der Waals surface area contributed by atoms with Gasteiger partial charge in [-0.25, -0.2) is 4.79 Å². The van der Waals surface area contributed by atoms with Gasteiger partial charge in [-0.3, -0.25) is 4.79 Å². The molecule has 1 atom stereocenters. The summed E-state index contributed by atoms with van der Waals surface area (Å²) in [4.78, 5) is 25.4. The van der Waals surface area contributed by atoms with E-state index in [4.69, 9.17) is 4.74 Å². The van der Waals surface area contributed by atoms with Crippen LogP contribution < -0.4 is 5.32 Å². The van der Waals surface area contributed by atoms with Crippen molar-refractivity contribution in [3.05, 3.63) is 28.8 Å². The average molecular weight is 362 g/mol. The average Bonchev–Trinajstić information content (AvgIpc) is 2.64. The Morgan fingerprint density at radius 1 is 1.15 bits per heavy atom. The monoisotopic (exact) mass is 361 g/mol. The second-order valence-corrected chi connectivity index (χ2v) is 7.45. The third kappa shape index (κ3) is 4.09. The second kappa shape index (κ2) is 8.67. The van der Waals surface area contributed by atoms with Crippen molar-refractivity contribution in [1.82, 2.24) is 0 Å². The number of anilines is 1. The summed E-state index contributed by atoms with van der Waals surface area (Å²) in [5.41, 5.74) is 2.86. The van der Waals surface area contributed by atoms with E-state index in [9.17, 15) is 9.59 Å². The van der Waals surface area contributed by atoms with Gasteiger partial charge in [0.15, 0.2) is 6.04 Å². The molecule has 1 unspecified atom stereocenters. The molecule has 0 aliphatic carbocycles. The Kier molecular flexibility index (Phi) is 6.81. The van der Waals surface area contributed by atoms with Crippen LogP contribution in [-0.2, 0) is 9.53 Å². The van der Waals surface area contributed by atoms with Crippen molar-refractivity contribution in [2.75, 3.05) is 32.1 Å². The number of aryl methyl sites for hydroxylation is 2. The molecule has 0 saturated carbocycles. The van der Waals surface area contributed by atoms with Crippen LogP contribution in [0.3, 0.4) is 0 Å². The molecule has 0 spiro atoms. The lowest BCUT2D eigenvalue weighted by molar-refractivity contribution is -0.945. The van der Waals surface area contributed by atoms with Crippen LogP contribution in [0.5, 0.6) is 0 Å². The fourth-order valence-electron chi connectivity index (χ4n) is 4.42. The van der Waals surface area contributed by atoms with Gasteiger partial charge < -0.3 is 14.5 Å². The predicted octanol–water partition coefficient (Wildman–Crippen LogP) is 3.83. The van der Waals surface area contributed by atoms with Gasteiger partial charge in [-0.15, -0.1) is 0 Å². The van der Waals surface area contributed by atoms with E-state index in [0.29, 0.717) is 11.3 Å². The fourth-order valence-corrected chi connectivity index (χ4v) is 4.42. The molecule has 0 aromatic heterocycles. The molecular formula is C21H33N2O3+. The van der Waals surface area contributed by atoms with E-state index in [2.05, 4.69) is 19.2 Å². The molecule has 1 saturated heterocycles. The number of piperidine rings is 1. The van der Waals surface area contributed by atoms with Crippen molar-refractivity contribution >= 4 is 17.6 Å². The summed E-state index contributed by atoms with van der Waals surface area (Å²) in [5, 5.41) is 3.07. The Labute approximate surface area is 157 Å². The van der Waals surface area contributed by atoms with E-state index < -0.39 is 5.97 Å². The topological polar surface area (TPSA) is 55.4 Å². The van der Waals surface area contributed by atoms with Crippen LogP contribution >= 0.6 is 0 Å². The molecule has 144 valence electrons. The number of amides is 1. The summed E-state index contributed by atoms with van der Waals surface area (Å²) < 4.78 is 5.77. The number of carbonyl (C=O) groups is 2. The molecule has 5 heteroatoms. The van der Waals surface area contributed by atoms with Crippen molar-refractivity contribution in [1.29, 1.82) is 0 Å². The maximum absolute atomic E-state index is 13.2. The number of hydrogen-bond donors (Lipinski definition) is 1. The first-order valence-electron chi connectivity index (χ1n) is 9.74. The van der Waals surface area contributed by atoms with Crippen molar-refractivity contribution in [2.45, 2.75) is 59.4 Å². The van der Waals surface area contributed by atoms with Crippen LogP contribution in [0.25, 0.3) is 0 Å². The first kappa shape index (κ1) is 20.4. The maximum atomic E-state index is 13.2. The highest BCUT2D eigenvalue weighted by molar-refractivity contribution is 6.03. The third-order valence-corrected chi connectivity index (χ3v) is 5.82. The quantitative estimate of drug-likeness (QED) is 0.619.